The standard InChI is InChI=1S/C17H28O2/c1-3-5-7-8-9-10-15-11-12-17(16(18)14-15)19-13-6-4-2/h11-12,14,18H,3-10,13H2,1-2H3. The number of ether oxygens (including phenoxy) is 1. The van der Waals surface area contributed by atoms with Crippen molar-refractivity contribution in [2.24, 2.45) is 0 Å². The number of hydrogen-bond acceptors (Lipinski definition) is 2. The Bertz CT molecular complexity index is 347. The zero-order valence-corrected chi connectivity index (χ0v) is 12.5. The van der Waals surface area contributed by atoms with E-state index in [0.29, 0.717) is 12.4 Å². The lowest BCUT2D eigenvalue weighted by Crippen LogP contribution is -1.97. The lowest BCUT2D eigenvalue weighted by atomic mass is 10.1. The van der Waals surface area contributed by atoms with Crippen LogP contribution in [0.15, 0.2) is 18.2 Å². The number of benzene rings is 1. The van der Waals surface area contributed by atoms with E-state index < -0.39 is 0 Å². The molecule has 0 bridgehead atoms. The van der Waals surface area contributed by atoms with E-state index >= 15 is 0 Å². The van der Waals surface area contributed by atoms with Gasteiger partial charge in [0.1, 0.15) is 0 Å². The quantitative estimate of drug-likeness (QED) is 0.597. The summed E-state index contributed by atoms with van der Waals surface area (Å²) in [4.78, 5) is 0. The van der Waals surface area contributed by atoms with Crippen molar-refractivity contribution in [2.45, 2.75) is 65.2 Å². The van der Waals surface area contributed by atoms with E-state index in [1.165, 1.54) is 37.7 Å². The molecule has 0 amide bonds. The summed E-state index contributed by atoms with van der Waals surface area (Å²) in [6, 6.07) is 5.81. The van der Waals surface area contributed by atoms with Gasteiger partial charge in [0, 0.05) is 0 Å². The minimum Gasteiger partial charge on any atom is -0.504 e. The van der Waals surface area contributed by atoms with Crippen LogP contribution < -0.4 is 4.74 Å². The maximum atomic E-state index is 9.91. The molecule has 0 atom stereocenters. The maximum Gasteiger partial charge on any atom is 0.160 e. The molecule has 108 valence electrons. The highest BCUT2D eigenvalue weighted by Crippen LogP contribution is 2.27. The minimum absolute atomic E-state index is 0.280. The Morgan fingerprint density at radius 3 is 2.37 bits per heavy atom. The zero-order valence-electron chi connectivity index (χ0n) is 12.5. The van der Waals surface area contributed by atoms with Gasteiger partial charge in [0.05, 0.1) is 6.61 Å². The molecule has 1 N–H and O–H groups in total. The lowest BCUT2D eigenvalue weighted by Gasteiger charge is -2.09. The zero-order chi connectivity index (χ0) is 13.9. The molecule has 19 heavy (non-hydrogen) atoms. The molecule has 1 aromatic carbocycles. The van der Waals surface area contributed by atoms with E-state index in [1.807, 2.05) is 12.1 Å². The van der Waals surface area contributed by atoms with Crippen LogP contribution in [-0.2, 0) is 6.42 Å². The van der Waals surface area contributed by atoms with Crippen LogP contribution in [0.2, 0.25) is 0 Å². The first-order chi connectivity index (χ1) is 9.27. The molecule has 0 radical (unpaired) electrons. The number of aromatic hydroxyl groups is 1. The summed E-state index contributed by atoms with van der Waals surface area (Å²) in [5.74, 6) is 0.894. The summed E-state index contributed by atoms with van der Waals surface area (Å²) in [5, 5.41) is 9.91. The molecule has 0 aliphatic rings. The van der Waals surface area contributed by atoms with E-state index in [9.17, 15) is 5.11 Å². The maximum absolute atomic E-state index is 9.91. The molecule has 0 spiro atoms. The van der Waals surface area contributed by atoms with E-state index in [4.69, 9.17) is 4.74 Å². The third-order valence-corrected chi connectivity index (χ3v) is 3.35. The van der Waals surface area contributed by atoms with Crippen LogP contribution in [0, 0.1) is 0 Å². The van der Waals surface area contributed by atoms with Crippen LogP contribution in [0.25, 0.3) is 0 Å². The van der Waals surface area contributed by atoms with Gasteiger partial charge in [-0.05, 0) is 37.0 Å². The van der Waals surface area contributed by atoms with Gasteiger partial charge < -0.3 is 9.84 Å². The fourth-order valence-corrected chi connectivity index (χ4v) is 2.10. The molecule has 1 rings (SSSR count). The van der Waals surface area contributed by atoms with Gasteiger partial charge in [-0.3, -0.25) is 0 Å². The highest BCUT2D eigenvalue weighted by molar-refractivity contribution is 5.41. The first kappa shape index (κ1) is 15.9. The number of phenols is 1. The molecule has 1 aromatic rings. The fourth-order valence-electron chi connectivity index (χ4n) is 2.10. The SMILES string of the molecule is CCCCCCCc1ccc(OCCCC)c(O)c1. The molecular formula is C17H28O2. The van der Waals surface area contributed by atoms with Gasteiger partial charge in [-0.2, -0.15) is 0 Å². The Hall–Kier alpha value is -1.18. The molecule has 0 fully saturated rings. The Balaban J connectivity index is 2.34. The summed E-state index contributed by atoms with van der Waals surface area (Å²) >= 11 is 0. The lowest BCUT2D eigenvalue weighted by molar-refractivity contribution is 0.292. The first-order valence-corrected chi connectivity index (χ1v) is 7.72. The van der Waals surface area contributed by atoms with Crippen molar-refractivity contribution < 1.29 is 9.84 Å². The second-order valence-electron chi connectivity index (χ2n) is 5.17. The van der Waals surface area contributed by atoms with Crippen LogP contribution >= 0.6 is 0 Å². The molecule has 0 aliphatic carbocycles. The summed E-state index contributed by atoms with van der Waals surface area (Å²) in [6.45, 7) is 5.04. The summed E-state index contributed by atoms with van der Waals surface area (Å²) in [6.07, 6.45) is 9.60. The van der Waals surface area contributed by atoms with Crippen LogP contribution in [0.4, 0.5) is 0 Å². The molecular weight excluding hydrogens is 236 g/mol. The summed E-state index contributed by atoms with van der Waals surface area (Å²) in [7, 11) is 0. The number of phenolic OH excluding ortho intramolecular Hbond substituents is 1. The van der Waals surface area contributed by atoms with Crippen molar-refractivity contribution >= 4 is 0 Å². The molecule has 2 heteroatoms. The largest absolute Gasteiger partial charge is 0.504 e. The molecule has 2 nitrogen and oxygen atoms in total. The number of rotatable bonds is 10. The third kappa shape index (κ3) is 6.51. The van der Waals surface area contributed by atoms with Gasteiger partial charge in [-0.15, -0.1) is 0 Å². The number of unbranched alkanes of at least 4 members (excludes halogenated alkanes) is 5. The monoisotopic (exact) mass is 264 g/mol. The molecule has 0 heterocycles. The van der Waals surface area contributed by atoms with Gasteiger partial charge in [-0.25, -0.2) is 0 Å². The van der Waals surface area contributed by atoms with E-state index in [0.717, 1.165) is 19.3 Å². The molecule has 0 aliphatic heterocycles. The topological polar surface area (TPSA) is 29.5 Å². The van der Waals surface area contributed by atoms with Crippen molar-refractivity contribution in [3.63, 3.8) is 0 Å². The highest BCUT2D eigenvalue weighted by atomic mass is 16.5. The van der Waals surface area contributed by atoms with Gasteiger partial charge in [-0.1, -0.05) is 52.0 Å². The average molecular weight is 264 g/mol. The van der Waals surface area contributed by atoms with Crippen molar-refractivity contribution in [1.29, 1.82) is 0 Å². The molecule has 0 unspecified atom stereocenters. The second-order valence-corrected chi connectivity index (χ2v) is 5.17. The smallest absolute Gasteiger partial charge is 0.160 e. The average Bonchev–Trinajstić information content (AvgIpc) is 2.41. The van der Waals surface area contributed by atoms with Crippen molar-refractivity contribution in [1.82, 2.24) is 0 Å². The van der Waals surface area contributed by atoms with E-state index in [1.54, 1.807) is 0 Å². The van der Waals surface area contributed by atoms with Gasteiger partial charge in [0.25, 0.3) is 0 Å². The predicted octanol–water partition coefficient (Wildman–Crippen LogP) is 5.08. The van der Waals surface area contributed by atoms with Gasteiger partial charge in [0.2, 0.25) is 0 Å². The first-order valence-electron chi connectivity index (χ1n) is 7.72. The van der Waals surface area contributed by atoms with Gasteiger partial charge >= 0.3 is 0 Å². The van der Waals surface area contributed by atoms with Crippen molar-refractivity contribution in [3.8, 4) is 11.5 Å². The van der Waals surface area contributed by atoms with Crippen LogP contribution in [0.1, 0.15) is 64.4 Å². The Kier molecular flexibility index (Phi) is 8.11. The van der Waals surface area contributed by atoms with Crippen molar-refractivity contribution in [3.05, 3.63) is 23.8 Å². The van der Waals surface area contributed by atoms with Crippen LogP contribution in [0.5, 0.6) is 11.5 Å². The van der Waals surface area contributed by atoms with E-state index in [2.05, 4.69) is 19.9 Å². The summed E-state index contributed by atoms with van der Waals surface area (Å²) < 4.78 is 5.54. The summed E-state index contributed by atoms with van der Waals surface area (Å²) in [5.41, 5.74) is 1.21. The van der Waals surface area contributed by atoms with E-state index in [-0.39, 0.29) is 5.75 Å². The number of hydrogen-bond donors (Lipinski definition) is 1. The second kappa shape index (κ2) is 9.71. The molecule has 0 saturated heterocycles. The third-order valence-electron chi connectivity index (χ3n) is 3.35. The van der Waals surface area contributed by atoms with Crippen LogP contribution in [-0.4, -0.2) is 11.7 Å². The highest BCUT2D eigenvalue weighted by Gasteiger charge is 2.03. The van der Waals surface area contributed by atoms with Gasteiger partial charge in [0.15, 0.2) is 11.5 Å². The molecule has 0 aromatic heterocycles. The van der Waals surface area contributed by atoms with Crippen LogP contribution in [0.3, 0.4) is 0 Å². The normalized spacial score (nSPS) is 10.6. The fraction of sp³-hybridized carbons (Fsp3) is 0.647. The Labute approximate surface area is 117 Å². The predicted molar refractivity (Wildman–Crippen MR) is 81.0 cm³/mol. The Morgan fingerprint density at radius 2 is 1.68 bits per heavy atom. The van der Waals surface area contributed by atoms with Crippen molar-refractivity contribution in [2.75, 3.05) is 6.61 Å². The Morgan fingerprint density at radius 1 is 0.947 bits per heavy atom. The number of aryl methyl sites for hydroxylation is 1. The molecule has 0 saturated carbocycles. The minimum atomic E-state index is 0.280.